The second-order valence-electron chi connectivity index (χ2n) is 5.35. The van der Waals surface area contributed by atoms with Crippen LogP contribution in [0.25, 0.3) is 11.0 Å². The maximum atomic E-state index is 12.3. The summed E-state index contributed by atoms with van der Waals surface area (Å²) in [5.41, 5.74) is 5.99. The molecule has 6 heteroatoms. The average Bonchev–Trinajstić information content (AvgIpc) is 2.78. The van der Waals surface area contributed by atoms with Crippen LogP contribution in [0.5, 0.6) is 0 Å². The Morgan fingerprint density at radius 2 is 1.86 bits per heavy atom. The van der Waals surface area contributed by atoms with Crippen LogP contribution in [0, 0.1) is 0 Å². The largest absolute Gasteiger partial charge is 0.422 e. The highest BCUT2D eigenvalue weighted by atomic mass is 16.4. The van der Waals surface area contributed by atoms with E-state index in [-0.39, 0.29) is 23.7 Å². The van der Waals surface area contributed by atoms with Gasteiger partial charge in [0.15, 0.2) is 0 Å². The van der Waals surface area contributed by atoms with Crippen LogP contribution >= 0.6 is 0 Å². The smallest absolute Gasteiger partial charge is 0.349 e. The molecule has 1 fully saturated rings. The summed E-state index contributed by atoms with van der Waals surface area (Å²) >= 11 is 0. The number of nitrogens with one attached hydrogen (secondary N) is 3. The van der Waals surface area contributed by atoms with Crippen molar-refractivity contribution in [3.05, 3.63) is 46.3 Å². The first-order valence-electron chi connectivity index (χ1n) is 6.91. The molecule has 1 aromatic heterocycles. The fraction of sp³-hybridized carbons (Fsp3) is 0.333. The summed E-state index contributed by atoms with van der Waals surface area (Å²) in [5, 5.41) is 3.60. The van der Waals surface area contributed by atoms with Crippen LogP contribution in [-0.2, 0) is 0 Å². The molecule has 2 heterocycles. The lowest BCUT2D eigenvalue weighted by atomic mass is 10.1. The molecule has 3 rings (SSSR count). The zero-order valence-electron chi connectivity index (χ0n) is 11.8. The van der Waals surface area contributed by atoms with Gasteiger partial charge in [0, 0.05) is 17.5 Å². The van der Waals surface area contributed by atoms with Gasteiger partial charge in [-0.1, -0.05) is 18.2 Å². The lowest BCUT2D eigenvalue weighted by Gasteiger charge is -2.19. The zero-order valence-corrected chi connectivity index (χ0v) is 11.8. The molecule has 1 saturated heterocycles. The van der Waals surface area contributed by atoms with Gasteiger partial charge in [-0.05, 0) is 26.0 Å². The number of carbonyl (C=O) groups excluding carboxylic acids is 1. The number of hydrazine groups is 1. The van der Waals surface area contributed by atoms with Gasteiger partial charge in [0.1, 0.15) is 11.1 Å². The zero-order chi connectivity index (χ0) is 15.0. The normalized spacial score (nSPS) is 25.1. The Morgan fingerprint density at radius 1 is 1.19 bits per heavy atom. The SMILES string of the molecule is CC1NNC(C)C1NC(=O)c1cc2ccccc2oc1=O. The van der Waals surface area contributed by atoms with Crippen LogP contribution in [0.3, 0.4) is 0 Å². The maximum Gasteiger partial charge on any atom is 0.349 e. The number of rotatable bonds is 2. The molecular formula is C15H17N3O3. The van der Waals surface area contributed by atoms with Gasteiger partial charge < -0.3 is 9.73 Å². The average molecular weight is 287 g/mol. The van der Waals surface area contributed by atoms with Gasteiger partial charge in [0.05, 0.1) is 6.04 Å². The van der Waals surface area contributed by atoms with Gasteiger partial charge in [0.25, 0.3) is 5.91 Å². The molecule has 0 aliphatic carbocycles. The predicted molar refractivity (Wildman–Crippen MR) is 78.9 cm³/mol. The highest BCUT2D eigenvalue weighted by molar-refractivity contribution is 5.96. The van der Waals surface area contributed by atoms with Gasteiger partial charge >= 0.3 is 5.63 Å². The molecule has 2 unspecified atom stereocenters. The third-order valence-corrected chi connectivity index (χ3v) is 3.80. The van der Waals surface area contributed by atoms with Gasteiger partial charge in [-0.25, -0.2) is 4.79 Å². The molecule has 3 N–H and O–H groups in total. The molecule has 0 saturated carbocycles. The summed E-state index contributed by atoms with van der Waals surface area (Å²) in [4.78, 5) is 24.3. The standard InChI is InChI=1S/C15H17N3O3/c1-8-13(9(2)18-17-8)16-14(19)11-7-10-5-3-4-6-12(10)21-15(11)20/h3-9,13,17-18H,1-2H3,(H,16,19). The van der Waals surface area contributed by atoms with Crippen LogP contribution in [0.4, 0.5) is 0 Å². The van der Waals surface area contributed by atoms with Crippen LogP contribution in [0.1, 0.15) is 24.2 Å². The molecule has 1 aliphatic rings. The number of carbonyl (C=O) groups is 1. The van der Waals surface area contributed by atoms with E-state index >= 15 is 0 Å². The van der Waals surface area contributed by atoms with E-state index in [4.69, 9.17) is 4.42 Å². The molecule has 6 nitrogen and oxygen atoms in total. The number of benzene rings is 1. The van der Waals surface area contributed by atoms with Crippen LogP contribution < -0.4 is 21.8 Å². The summed E-state index contributed by atoms with van der Waals surface area (Å²) < 4.78 is 5.18. The quantitative estimate of drug-likeness (QED) is 0.711. The lowest BCUT2D eigenvalue weighted by molar-refractivity contribution is 0.0928. The van der Waals surface area contributed by atoms with E-state index < -0.39 is 11.5 Å². The Kier molecular flexibility index (Phi) is 3.48. The first-order valence-corrected chi connectivity index (χ1v) is 6.91. The Labute approximate surface area is 121 Å². The third kappa shape index (κ3) is 2.55. The molecule has 2 atom stereocenters. The predicted octanol–water partition coefficient (Wildman–Crippen LogP) is 0.776. The van der Waals surface area contributed by atoms with Crippen molar-refractivity contribution in [3.8, 4) is 0 Å². The van der Waals surface area contributed by atoms with Crippen molar-refractivity contribution in [3.63, 3.8) is 0 Å². The van der Waals surface area contributed by atoms with E-state index in [1.807, 2.05) is 19.9 Å². The summed E-state index contributed by atoms with van der Waals surface area (Å²) in [6.07, 6.45) is 0. The van der Waals surface area contributed by atoms with E-state index in [1.165, 1.54) is 0 Å². The molecule has 1 aromatic carbocycles. The highest BCUT2D eigenvalue weighted by Crippen LogP contribution is 2.13. The molecule has 0 bridgehead atoms. The van der Waals surface area contributed by atoms with E-state index in [1.54, 1.807) is 24.3 Å². The van der Waals surface area contributed by atoms with Gasteiger partial charge in [-0.15, -0.1) is 0 Å². The molecule has 110 valence electrons. The van der Waals surface area contributed by atoms with Crippen LogP contribution in [0.15, 0.2) is 39.5 Å². The van der Waals surface area contributed by atoms with Crippen molar-refractivity contribution in [1.29, 1.82) is 0 Å². The van der Waals surface area contributed by atoms with Gasteiger partial charge in [0.2, 0.25) is 0 Å². The molecule has 21 heavy (non-hydrogen) atoms. The second-order valence-corrected chi connectivity index (χ2v) is 5.35. The van der Waals surface area contributed by atoms with E-state index in [0.717, 1.165) is 5.39 Å². The maximum absolute atomic E-state index is 12.3. The van der Waals surface area contributed by atoms with Crippen molar-refractivity contribution in [2.75, 3.05) is 0 Å². The fourth-order valence-corrected chi connectivity index (χ4v) is 2.57. The number of fused-ring (bicyclic) bond motifs is 1. The van der Waals surface area contributed by atoms with Gasteiger partial charge in [-0.3, -0.25) is 15.6 Å². The third-order valence-electron chi connectivity index (χ3n) is 3.80. The minimum Gasteiger partial charge on any atom is -0.422 e. The summed E-state index contributed by atoms with van der Waals surface area (Å²) in [7, 11) is 0. The lowest BCUT2D eigenvalue weighted by Crippen LogP contribution is -2.47. The van der Waals surface area contributed by atoms with Gasteiger partial charge in [-0.2, -0.15) is 0 Å². The van der Waals surface area contributed by atoms with E-state index in [2.05, 4.69) is 16.2 Å². The molecule has 0 radical (unpaired) electrons. The number of para-hydroxylation sites is 1. The Balaban J connectivity index is 1.91. The van der Waals surface area contributed by atoms with Crippen LogP contribution in [0.2, 0.25) is 0 Å². The molecular weight excluding hydrogens is 270 g/mol. The number of hydrogen-bond acceptors (Lipinski definition) is 5. The number of hydrogen-bond donors (Lipinski definition) is 3. The van der Waals surface area contributed by atoms with E-state index in [0.29, 0.717) is 5.58 Å². The van der Waals surface area contributed by atoms with Crippen molar-refractivity contribution in [2.24, 2.45) is 0 Å². The van der Waals surface area contributed by atoms with Crippen molar-refractivity contribution < 1.29 is 9.21 Å². The topological polar surface area (TPSA) is 83.4 Å². The minimum absolute atomic E-state index is 0.0278. The summed E-state index contributed by atoms with van der Waals surface area (Å²) in [5.74, 6) is -0.413. The Bertz CT molecular complexity index is 730. The molecule has 0 spiro atoms. The molecule has 2 aromatic rings. The Hall–Kier alpha value is -2.18. The van der Waals surface area contributed by atoms with E-state index in [9.17, 15) is 9.59 Å². The van der Waals surface area contributed by atoms with Crippen LogP contribution in [-0.4, -0.2) is 24.0 Å². The number of amides is 1. The van der Waals surface area contributed by atoms with Crippen molar-refractivity contribution >= 4 is 16.9 Å². The van der Waals surface area contributed by atoms with Crippen molar-refractivity contribution in [1.82, 2.24) is 16.2 Å². The fourth-order valence-electron chi connectivity index (χ4n) is 2.57. The summed E-state index contributed by atoms with van der Waals surface area (Å²) in [6.45, 7) is 3.93. The summed E-state index contributed by atoms with van der Waals surface area (Å²) in [6, 6.07) is 8.76. The Morgan fingerprint density at radius 3 is 2.57 bits per heavy atom. The van der Waals surface area contributed by atoms with Crippen molar-refractivity contribution in [2.45, 2.75) is 32.0 Å². The monoisotopic (exact) mass is 287 g/mol. The minimum atomic E-state index is -0.620. The first-order chi connectivity index (χ1) is 10.1. The second kappa shape index (κ2) is 5.31. The first kappa shape index (κ1) is 13.8. The molecule has 1 aliphatic heterocycles. The highest BCUT2D eigenvalue weighted by Gasteiger charge is 2.31. The molecule has 1 amide bonds.